The molecule has 0 radical (unpaired) electrons. The zero-order chi connectivity index (χ0) is 17.8. The van der Waals surface area contributed by atoms with Gasteiger partial charge in [0.15, 0.2) is 0 Å². The van der Waals surface area contributed by atoms with Gasteiger partial charge in [0, 0.05) is 12.5 Å². The smallest absolute Gasteiger partial charge is 0.312 e. The number of aromatic amines is 1. The van der Waals surface area contributed by atoms with Gasteiger partial charge >= 0.3 is 5.97 Å². The fourth-order valence-electron chi connectivity index (χ4n) is 2.63. The van der Waals surface area contributed by atoms with Gasteiger partial charge in [0.1, 0.15) is 0 Å². The molecule has 0 atom stereocenters. The molecule has 0 fully saturated rings. The number of nitrogens with one attached hydrogen (secondary N) is 1. The lowest BCUT2D eigenvalue weighted by atomic mass is 10.1. The first-order valence-corrected chi connectivity index (χ1v) is 8.81. The molecule has 2 heterocycles. The number of fused-ring (bicyclic) bond motifs is 1. The van der Waals surface area contributed by atoms with Crippen LogP contribution in [0.4, 0.5) is 0 Å². The first-order chi connectivity index (χ1) is 12.1. The van der Waals surface area contributed by atoms with Crippen LogP contribution in [0.1, 0.15) is 45.7 Å². The van der Waals surface area contributed by atoms with Gasteiger partial charge in [-0.05, 0) is 30.9 Å². The van der Waals surface area contributed by atoms with E-state index < -0.39 is 0 Å². The maximum absolute atomic E-state index is 12.1. The lowest BCUT2D eigenvalue weighted by Crippen LogP contribution is -2.12. The monoisotopic (exact) mass is 340 g/mol. The number of benzene rings is 1. The summed E-state index contributed by atoms with van der Waals surface area (Å²) >= 11 is 0. The van der Waals surface area contributed by atoms with Crippen LogP contribution < -0.4 is 4.74 Å². The molecule has 0 aliphatic heterocycles. The third-order valence-corrected chi connectivity index (χ3v) is 3.96. The van der Waals surface area contributed by atoms with Crippen LogP contribution in [0.5, 0.6) is 5.88 Å². The van der Waals surface area contributed by atoms with Crippen molar-refractivity contribution in [2.45, 2.75) is 46.5 Å². The van der Waals surface area contributed by atoms with Crippen LogP contribution in [-0.4, -0.2) is 25.7 Å². The molecular formula is C19H24N4O2. The zero-order valence-electron chi connectivity index (χ0n) is 15.0. The van der Waals surface area contributed by atoms with Gasteiger partial charge in [0.2, 0.25) is 11.8 Å². The van der Waals surface area contributed by atoms with Gasteiger partial charge < -0.3 is 9.72 Å². The number of rotatable bonds is 7. The summed E-state index contributed by atoms with van der Waals surface area (Å²) in [6, 6.07) is 9.59. The highest BCUT2D eigenvalue weighted by Gasteiger charge is 2.17. The predicted octanol–water partition coefficient (Wildman–Crippen LogP) is 4.04. The first kappa shape index (κ1) is 17.2. The summed E-state index contributed by atoms with van der Waals surface area (Å²) in [5.74, 6) is 1.18. The van der Waals surface area contributed by atoms with Crippen molar-refractivity contribution in [2.24, 2.45) is 5.92 Å². The number of aryl methyl sites for hydroxylation is 1. The Morgan fingerprint density at radius 3 is 2.84 bits per heavy atom. The van der Waals surface area contributed by atoms with E-state index in [1.54, 1.807) is 4.68 Å². The zero-order valence-corrected chi connectivity index (χ0v) is 15.0. The van der Waals surface area contributed by atoms with Gasteiger partial charge in [-0.15, -0.1) is 0 Å². The Kier molecular flexibility index (Phi) is 5.16. The quantitative estimate of drug-likeness (QED) is 0.659. The summed E-state index contributed by atoms with van der Waals surface area (Å²) in [5, 5.41) is 4.56. The molecule has 0 aliphatic rings. The SMILES string of the molecule is CCCc1cc(OC(=O)CCC(C)C)n(-c2nc3ccccc3[nH]2)n1. The molecule has 132 valence electrons. The summed E-state index contributed by atoms with van der Waals surface area (Å²) in [6.45, 7) is 6.27. The Bertz CT molecular complexity index is 830. The molecule has 25 heavy (non-hydrogen) atoms. The molecule has 1 aromatic carbocycles. The van der Waals surface area contributed by atoms with Crippen LogP contribution in [0.2, 0.25) is 0 Å². The molecule has 1 N–H and O–H groups in total. The van der Waals surface area contributed by atoms with Gasteiger partial charge in [-0.1, -0.05) is 39.3 Å². The summed E-state index contributed by atoms with van der Waals surface area (Å²) in [5.41, 5.74) is 2.65. The topological polar surface area (TPSA) is 72.8 Å². The lowest BCUT2D eigenvalue weighted by molar-refractivity contribution is -0.135. The number of para-hydroxylation sites is 2. The largest absolute Gasteiger partial charge is 0.407 e. The van der Waals surface area contributed by atoms with E-state index in [4.69, 9.17) is 4.74 Å². The number of esters is 1. The number of hydrogen-bond donors (Lipinski definition) is 1. The van der Waals surface area contributed by atoms with Crippen molar-refractivity contribution in [1.82, 2.24) is 19.7 Å². The Hall–Kier alpha value is -2.63. The van der Waals surface area contributed by atoms with Crippen molar-refractivity contribution in [2.75, 3.05) is 0 Å². The Morgan fingerprint density at radius 1 is 1.32 bits per heavy atom. The van der Waals surface area contributed by atoms with Crippen molar-refractivity contribution < 1.29 is 9.53 Å². The minimum Gasteiger partial charge on any atom is -0.407 e. The van der Waals surface area contributed by atoms with Crippen LogP contribution in [-0.2, 0) is 11.2 Å². The summed E-state index contributed by atoms with van der Waals surface area (Å²) in [7, 11) is 0. The van der Waals surface area contributed by atoms with Crippen molar-refractivity contribution in [3.63, 3.8) is 0 Å². The molecule has 6 heteroatoms. The minimum atomic E-state index is -0.242. The van der Waals surface area contributed by atoms with Crippen molar-refractivity contribution in [3.8, 4) is 11.8 Å². The second-order valence-electron chi connectivity index (χ2n) is 6.62. The number of carbonyl (C=O) groups is 1. The molecule has 6 nitrogen and oxygen atoms in total. The second-order valence-corrected chi connectivity index (χ2v) is 6.62. The lowest BCUT2D eigenvalue weighted by Gasteiger charge is -2.06. The normalized spacial score (nSPS) is 11.4. The van der Waals surface area contributed by atoms with E-state index in [0.717, 1.165) is 36.0 Å². The maximum Gasteiger partial charge on any atom is 0.312 e. The Labute approximate surface area is 147 Å². The number of carbonyl (C=O) groups excluding carboxylic acids is 1. The molecule has 0 amide bonds. The molecule has 0 spiro atoms. The molecule has 0 bridgehead atoms. The van der Waals surface area contributed by atoms with Gasteiger partial charge in [-0.25, -0.2) is 4.98 Å². The second kappa shape index (κ2) is 7.51. The molecule has 2 aromatic heterocycles. The number of nitrogens with zero attached hydrogens (tertiary/aromatic N) is 3. The third kappa shape index (κ3) is 4.07. The number of H-pyrrole nitrogens is 1. The van der Waals surface area contributed by atoms with Crippen LogP contribution in [0.15, 0.2) is 30.3 Å². The van der Waals surface area contributed by atoms with Crippen molar-refractivity contribution in [1.29, 1.82) is 0 Å². The van der Waals surface area contributed by atoms with E-state index in [1.807, 2.05) is 30.3 Å². The van der Waals surface area contributed by atoms with E-state index in [2.05, 4.69) is 35.8 Å². The molecule has 0 saturated heterocycles. The van der Waals surface area contributed by atoms with Gasteiger partial charge in [0.25, 0.3) is 0 Å². The number of ether oxygens (including phenoxy) is 1. The summed E-state index contributed by atoms with van der Waals surface area (Å²) in [4.78, 5) is 19.9. The standard InChI is InChI=1S/C19H24N4O2/c1-4-7-14-12-17(25-18(24)11-10-13(2)3)23(22-14)19-20-15-8-5-6-9-16(15)21-19/h5-6,8-9,12-13H,4,7,10-11H2,1-3H3,(H,20,21). The maximum atomic E-state index is 12.1. The highest BCUT2D eigenvalue weighted by molar-refractivity contribution is 5.76. The van der Waals surface area contributed by atoms with E-state index in [0.29, 0.717) is 24.2 Å². The summed E-state index contributed by atoms with van der Waals surface area (Å²) < 4.78 is 7.16. The Balaban J connectivity index is 1.90. The van der Waals surface area contributed by atoms with E-state index in [1.165, 1.54) is 0 Å². The molecule has 0 aliphatic carbocycles. The number of aromatic nitrogens is 4. The molecule has 3 rings (SSSR count). The van der Waals surface area contributed by atoms with Gasteiger partial charge in [0.05, 0.1) is 16.7 Å². The van der Waals surface area contributed by atoms with Gasteiger partial charge in [-0.2, -0.15) is 9.78 Å². The fraction of sp³-hybridized carbons (Fsp3) is 0.421. The third-order valence-electron chi connectivity index (χ3n) is 3.96. The number of imidazole rings is 1. The minimum absolute atomic E-state index is 0.242. The first-order valence-electron chi connectivity index (χ1n) is 8.81. The van der Waals surface area contributed by atoms with Crippen LogP contribution in [0.25, 0.3) is 17.0 Å². The molecule has 0 saturated carbocycles. The fourth-order valence-corrected chi connectivity index (χ4v) is 2.63. The average Bonchev–Trinajstić information content (AvgIpc) is 3.17. The highest BCUT2D eigenvalue weighted by Crippen LogP contribution is 2.22. The molecule has 3 aromatic rings. The van der Waals surface area contributed by atoms with Crippen LogP contribution in [0, 0.1) is 5.92 Å². The number of hydrogen-bond acceptors (Lipinski definition) is 4. The van der Waals surface area contributed by atoms with Crippen LogP contribution >= 0.6 is 0 Å². The van der Waals surface area contributed by atoms with Gasteiger partial charge in [-0.3, -0.25) is 4.79 Å². The highest BCUT2D eigenvalue weighted by atomic mass is 16.5. The predicted molar refractivity (Wildman–Crippen MR) is 96.9 cm³/mol. The van der Waals surface area contributed by atoms with E-state index >= 15 is 0 Å². The molecular weight excluding hydrogens is 316 g/mol. The van der Waals surface area contributed by atoms with Crippen molar-refractivity contribution >= 4 is 17.0 Å². The van der Waals surface area contributed by atoms with E-state index in [-0.39, 0.29) is 5.97 Å². The Morgan fingerprint density at radius 2 is 2.12 bits per heavy atom. The summed E-state index contributed by atoms with van der Waals surface area (Å²) in [6.07, 6.45) is 2.99. The van der Waals surface area contributed by atoms with Crippen LogP contribution in [0.3, 0.4) is 0 Å². The van der Waals surface area contributed by atoms with E-state index in [9.17, 15) is 4.79 Å². The average molecular weight is 340 g/mol. The van der Waals surface area contributed by atoms with Crippen molar-refractivity contribution in [3.05, 3.63) is 36.0 Å². The molecule has 0 unspecified atom stereocenters.